The first kappa shape index (κ1) is 13.7. The molecule has 1 aromatic carbocycles. The molecule has 1 aliphatic rings. The first-order valence-corrected chi connectivity index (χ1v) is 6.33. The van der Waals surface area contributed by atoms with Crippen LogP contribution in [0, 0.1) is 0 Å². The second kappa shape index (κ2) is 5.53. The predicted molar refractivity (Wildman–Crippen MR) is 72.5 cm³/mol. The quantitative estimate of drug-likeness (QED) is 0.906. The Labute approximate surface area is 113 Å². The van der Waals surface area contributed by atoms with Crippen LogP contribution >= 0.6 is 0 Å². The maximum absolute atomic E-state index is 10.7. The maximum Gasteiger partial charge on any atom is 0.124 e. The fraction of sp³-hybridized carbons (Fsp3) is 0.467. The number of hydrogen-bond acceptors (Lipinski definition) is 4. The van der Waals surface area contributed by atoms with Crippen LogP contribution in [0.2, 0.25) is 0 Å². The summed E-state index contributed by atoms with van der Waals surface area (Å²) in [6.07, 6.45) is 4.25. The Balaban J connectivity index is 2.28. The van der Waals surface area contributed by atoms with Crippen molar-refractivity contribution < 1.29 is 19.3 Å². The van der Waals surface area contributed by atoms with Crippen molar-refractivity contribution in [2.75, 3.05) is 14.2 Å². The van der Waals surface area contributed by atoms with Gasteiger partial charge in [0.2, 0.25) is 0 Å². The van der Waals surface area contributed by atoms with Crippen molar-refractivity contribution in [3.63, 3.8) is 0 Å². The lowest BCUT2D eigenvalue weighted by Gasteiger charge is -2.35. The lowest BCUT2D eigenvalue weighted by atomic mass is 9.85. The number of ether oxygens (including phenoxy) is 3. The van der Waals surface area contributed by atoms with Gasteiger partial charge < -0.3 is 19.3 Å². The molecule has 1 heterocycles. The standard InChI is InChI=1S/C15H20O4/c1-11-15(16,7-4-8-19-11)10-12-9-13(17-2)5-6-14(12)18-3/h4-6,8-9,11,16H,7,10H2,1-3H3/t11-,15-/m0/s1. The second-order valence-corrected chi connectivity index (χ2v) is 4.81. The minimum atomic E-state index is -0.922. The molecule has 0 aliphatic carbocycles. The number of hydrogen-bond donors (Lipinski definition) is 1. The summed E-state index contributed by atoms with van der Waals surface area (Å²) in [4.78, 5) is 0. The largest absolute Gasteiger partial charge is 0.497 e. The lowest BCUT2D eigenvalue weighted by molar-refractivity contribution is -0.0798. The van der Waals surface area contributed by atoms with Crippen molar-refractivity contribution in [3.8, 4) is 11.5 Å². The molecule has 1 N–H and O–H groups in total. The molecule has 104 valence electrons. The van der Waals surface area contributed by atoms with Crippen LogP contribution in [-0.4, -0.2) is 31.0 Å². The van der Waals surface area contributed by atoms with E-state index in [2.05, 4.69) is 0 Å². The van der Waals surface area contributed by atoms with Gasteiger partial charge in [0.05, 0.1) is 20.5 Å². The zero-order valence-electron chi connectivity index (χ0n) is 11.6. The van der Waals surface area contributed by atoms with Crippen molar-refractivity contribution in [1.82, 2.24) is 0 Å². The van der Waals surface area contributed by atoms with Gasteiger partial charge in [0.1, 0.15) is 23.2 Å². The van der Waals surface area contributed by atoms with Gasteiger partial charge in [-0.3, -0.25) is 0 Å². The summed E-state index contributed by atoms with van der Waals surface area (Å²) in [5, 5.41) is 10.7. The Bertz CT molecular complexity index is 469. The molecule has 19 heavy (non-hydrogen) atoms. The molecule has 2 atom stereocenters. The Morgan fingerprint density at radius 2 is 2.16 bits per heavy atom. The van der Waals surface area contributed by atoms with Crippen LogP contribution < -0.4 is 9.47 Å². The number of methoxy groups -OCH3 is 2. The molecular weight excluding hydrogens is 244 g/mol. The highest BCUT2D eigenvalue weighted by molar-refractivity contribution is 5.41. The zero-order valence-corrected chi connectivity index (χ0v) is 11.6. The van der Waals surface area contributed by atoms with E-state index in [1.807, 2.05) is 31.2 Å². The van der Waals surface area contributed by atoms with E-state index >= 15 is 0 Å². The predicted octanol–water partition coefficient (Wildman–Crippen LogP) is 2.30. The summed E-state index contributed by atoms with van der Waals surface area (Å²) in [5.41, 5.74) is -0.0101. The Morgan fingerprint density at radius 3 is 2.79 bits per heavy atom. The third-order valence-corrected chi connectivity index (χ3v) is 3.59. The average molecular weight is 264 g/mol. The number of benzene rings is 1. The molecule has 0 saturated heterocycles. The summed E-state index contributed by atoms with van der Waals surface area (Å²) in [6.45, 7) is 1.87. The molecule has 1 aromatic rings. The first-order valence-electron chi connectivity index (χ1n) is 6.33. The SMILES string of the molecule is COc1ccc(OC)c(C[C@@]2(O)CC=CO[C@H]2C)c1. The molecule has 1 aliphatic heterocycles. The molecule has 0 bridgehead atoms. The van der Waals surface area contributed by atoms with Crippen LogP contribution in [0.5, 0.6) is 11.5 Å². The van der Waals surface area contributed by atoms with Crippen LogP contribution in [0.15, 0.2) is 30.5 Å². The van der Waals surface area contributed by atoms with Crippen LogP contribution in [0.1, 0.15) is 18.9 Å². The van der Waals surface area contributed by atoms with Crippen LogP contribution in [0.4, 0.5) is 0 Å². The molecule has 0 amide bonds. The van der Waals surface area contributed by atoms with Crippen LogP contribution in [0.25, 0.3) is 0 Å². The minimum absolute atomic E-state index is 0.256. The molecule has 0 fully saturated rings. The first-order chi connectivity index (χ1) is 9.09. The zero-order chi connectivity index (χ0) is 13.9. The molecule has 0 spiro atoms. The molecule has 4 nitrogen and oxygen atoms in total. The van der Waals surface area contributed by atoms with Gasteiger partial charge in [-0.2, -0.15) is 0 Å². The van der Waals surface area contributed by atoms with E-state index in [4.69, 9.17) is 14.2 Å². The van der Waals surface area contributed by atoms with Crippen LogP contribution in [-0.2, 0) is 11.2 Å². The highest BCUT2D eigenvalue weighted by atomic mass is 16.5. The van der Waals surface area contributed by atoms with E-state index in [0.717, 1.165) is 17.1 Å². The van der Waals surface area contributed by atoms with Crippen molar-refractivity contribution in [2.24, 2.45) is 0 Å². The van der Waals surface area contributed by atoms with Gasteiger partial charge in [0.15, 0.2) is 0 Å². The van der Waals surface area contributed by atoms with Crippen molar-refractivity contribution in [3.05, 3.63) is 36.1 Å². The van der Waals surface area contributed by atoms with E-state index in [0.29, 0.717) is 12.8 Å². The lowest BCUT2D eigenvalue weighted by Crippen LogP contribution is -2.44. The Hall–Kier alpha value is -1.68. The fourth-order valence-electron chi connectivity index (χ4n) is 2.28. The van der Waals surface area contributed by atoms with Gasteiger partial charge >= 0.3 is 0 Å². The third-order valence-electron chi connectivity index (χ3n) is 3.59. The summed E-state index contributed by atoms with van der Waals surface area (Å²) >= 11 is 0. The third kappa shape index (κ3) is 2.84. The minimum Gasteiger partial charge on any atom is -0.497 e. The normalized spacial score (nSPS) is 25.8. The molecular formula is C15H20O4. The van der Waals surface area contributed by atoms with E-state index < -0.39 is 5.60 Å². The smallest absolute Gasteiger partial charge is 0.124 e. The molecule has 0 saturated carbocycles. The Morgan fingerprint density at radius 1 is 1.37 bits per heavy atom. The van der Waals surface area contributed by atoms with E-state index in [1.54, 1.807) is 20.5 Å². The van der Waals surface area contributed by atoms with Crippen molar-refractivity contribution in [2.45, 2.75) is 31.5 Å². The monoisotopic (exact) mass is 264 g/mol. The molecule has 4 heteroatoms. The van der Waals surface area contributed by atoms with Crippen LogP contribution in [0.3, 0.4) is 0 Å². The van der Waals surface area contributed by atoms with E-state index in [1.165, 1.54) is 0 Å². The van der Waals surface area contributed by atoms with Gasteiger partial charge in [0, 0.05) is 18.4 Å². The molecule has 2 rings (SSSR count). The summed E-state index contributed by atoms with van der Waals surface area (Å²) in [6, 6.07) is 5.58. The average Bonchev–Trinajstić information content (AvgIpc) is 2.42. The highest BCUT2D eigenvalue weighted by Crippen LogP contribution is 2.33. The molecule has 0 aromatic heterocycles. The van der Waals surface area contributed by atoms with Crippen molar-refractivity contribution >= 4 is 0 Å². The molecule has 0 unspecified atom stereocenters. The summed E-state index contributed by atoms with van der Waals surface area (Å²) in [7, 11) is 3.24. The van der Waals surface area contributed by atoms with E-state index in [-0.39, 0.29) is 6.10 Å². The second-order valence-electron chi connectivity index (χ2n) is 4.81. The van der Waals surface area contributed by atoms with Gasteiger partial charge in [-0.25, -0.2) is 0 Å². The number of aliphatic hydroxyl groups is 1. The van der Waals surface area contributed by atoms with Gasteiger partial charge in [-0.15, -0.1) is 0 Å². The topological polar surface area (TPSA) is 47.9 Å². The highest BCUT2D eigenvalue weighted by Gasteiger charge is 2.37. The van der Waals surface area contributed by atoms with Gasteiger partial charge in [-0.05, 0) is 31.2 Å². The van der Waals surface area contributed by atoms with E-state index in [9.17, 15) is 5.11 Å². The summed E-state index contributed by atoms with van der Waals surface area (Å²) < 4.78 is 16.0. The Kier molecular flexibility index (Phi) is 4.00. The summed E-state index contributed by atoms with van der Waals surface area (Å²) in [5.74, 6) is 1.50. The van der Waals surface area contributed by atoms with Crippen molar-refractivity contribution in [1.29, 1.82) is 0 Å². The van der Waals surface area contributed by atoms with Gasteiger partial charge in [-0.1, -0.05) is 0 Å². The molecule has 0 radical (unpaired) electrons. The van der Waals surface area contributed by atoms with Gasteiger partial charge in [0.25, 0.3) is 0 Å². The number of rotatable bonds is 4. The fourth-order valence-corrected chi connectivity index (χ4v) is 2.28. The maximum atomic E-state index is 10.7.